The van der Waals surface area contributed by atoms with Gasteiger partial charge in [0.2, 0.25) is 11.8 Å². The lowest BCUT2D eigenvalue weighted by Gasteiger charge is -2.30. The van der Waals surface area contributed by atoms with Crippen LogP contribution in [0, 0.1) is 12.3 Å². The maximum Gasteiger partial charge on any atom is 0.233 e. The number of hydrogen-bond acceptors (Lipinski definition) is 5. The van der Waals surface area contributed by atoms with E-state index in [-0.39, 0.29) is 17.4 Å². The highest BCUT2D eigenvalue weighted by Crippen LogP contribution is 2.31. The van der Waals surface area contributed by atoms with Gasteiger partial charge in [-0.2, -0.15) is 4.98 Å². The summed E-state index contributed by atoms with van der Waals surface area (Å²) in [7, 11) is 0. The van der Waals surface area contributed by atoms with Crippen molar-refractivity contribution in [2.75, 3.05) is 0 Å². The lowest BCUT2D eigenvalue weighted by atomic mass is 9.78. The Morgan fingerprint density at radius 3 is 2.40 bits per heavy atom. The molecular formula is C13H22N4O2S. The van der Waals surface area contributed by atoms with E-state index >= 15 is 0 Å². The lowest BCUT2D eigenvalue weighted by molar-refractivity contribution is -0.128. The molecule has 0 radical (unpaired) electrons. The summed E-state index contributed by atoms with van der Waals surface area (Å²) in [5.74, 6) is 0.758. The van der Waals surface area contributed by atoms with Crippen molar-refractivity contribution >= 4 is 23.1 Å². The molecule has 0 bridgehead atoms. The minimum atomic E-state index is -0.780. The summed E-state index contributed by atoms with van der Waals surface area (Å²) in [4.78, 5) is 16.8. The van der Waals surface area contributed by atoms with Gasteiger partial charge in [-0.25, -0.2) is 0 Å². The number of rotatable bonds is 8. The van der Waals surface area contributed by atoms with Gasteiger partial charge in [0, 0.05) is 6.92 Å². The molecule has 1 rings (SSSR count). The molecule has 0 fully saturated rings. The van der Waals surface area contributed by atoms with Crippen molar-refractivity contribution in [1.82, 2.24) is 15.5 Å². The number of thiocarbonyl (C=S) groups is 1. The average molecular weight is 298 g/mol. The van der Waals surface area contributed by atoms with E-state index in [0.717, 1.165) is 12.8 Å². The van der Waals surface area contributed by atoms with Crippen LogP contribution in [-0.4, -0.2) is 21.0 Å². The van der Waals surface area contributed by atoms with Crippen molar-refractivity contribution in [2.45, 2.75) is 53.0 Å². The van der Waals surface area contributed by atoms with Gasteiger partial charge in [-0.05, 0) is 12.8 Å². The zero-order valence-electron chi connectivity index (χ0n) is 12.2. The second kappa shape index (κ2) is 7.33. The van der Waals surface area contributed by atoms with Crippen molar-refractivity contribution in [3.63, 3.8) is 0 Å². The first-order chi connectivity index (χ1) is 9.46. The molecule has 0 unspecified atom stereocenters. The standard InChI is InChI=1S/C13H22N4O2S/c1-4-6-13(7-5-2,11(14)20)12(18)15-8-10-16-9(3)19-17-10/h4-8H2,1-3H3,(H2,14,20)(H,15,18). The van der Waals surface area contributed by atoms with E-state index in [0.29, 0.717) is 24.6 Å². The maximum absolute atomic E-state index is 12.5. The Bertz CT molecular complexity index is 467. The Labute approximate surface area is 124 Å². The SMILES string of the molecule is CCCC(CCC)(C(=O)NCc1noc(C)n1)C(N)=S. The highest BCUT2D eigenvalue weighted by Gasteiger charge is 2.39. The van der Waals surface area contributed by atoms with Gasteiger partial charge in [-0.3, -0.25) is 4.79 Å². The van der Waals surface area contributed by atoms with Crippen molar-refractivity contribution < 1.29 is 9.32 Å². The van der Waals surface area contributed by atoms with Crippen LogP contribution in [0.4, 0.5) is 0 Å². The Morgan fingerprint density at radius 2 is 2.00 bits per heavy atom. The molecule has 0 aliphatic carbocycles. The summed E-state index contributed by atoms with van der Waals surface area (Å²) in [5.41, 5.74) is 5.06. The van der Waals surface area contributed by atoms with E-state index in [9.17, 15) is 4.79 Å². The second-order valence-corrected chi connectivity index (χ2v) is 5.30. The number of carbonyl (C=O) groups is 1. The highest BCUT2D eigenvalue weighted by molar-refractivity contribution is 7.80. The third-order valence-corrected chi connectivity index (χ3v) is 3.63. The van der Waals surface area contributed by atoms with Gasteiger partial charge in [0.15, 0.2) is 5.82 Å². The van der Waals surface area contributed by atoms with Crippen LogP contribution in [0.1, 0.15) is 51.2 Å². The number of nitrogens with zero attached hydrogens (tertiary/aromatic N) is 2. The van der Waals surface area contributed by atoms with Crippen LogP contribution in [0.25, 0.3) is 0 Å². The second-order valence-electron chi connectivity index (χ2n) is 4.86. The van der Waals surface area contributed by atoms with Gasteiger partial charge in [0.25, 0.3) is 0 Å². The molecule has 1 aromatic heterocycles. The largest absolute Gasteiger partial charge is 0.392 e. The summed E-state index contributed by atoms with van der Waals surface area (Å²) in [6, 6.07) is 0. The normalized spacial score (nSPS) is 11.3. The minimum Gasteiger partial charge on any atom is -0.392 e. The fourth-order valence-corrected chi connectivity index (χ4v) is 2.60. The van der Waals surface area contributed by atoms with Gasteiger partial charge in [0.1, 0.15) is 0 Å². The average Bonchev–Trinajstić information content (AvgIpc) is 2.81. The summed E-state index contributed by atoms with van der Waals surface area (Å²) < 4.78 is 4.86. The molecule has 6 nitrogen and oxygen atoms in total. The van der Waals surface area contributed by atoms with Gasteiger partial charge >= 0.3 is 0 Å². The lowest BCUT2D eigenvalue weighted by Crippen LogP contribution is -2.48. The molecule has 0 saturated heterocycles. The number of hydrogen-bond donors (Lipinski definition) is 2. The quantitative estimate of drug-likeness (QED) is 0.712. The molecule has 3 N–H and O–H groups in total. The molecule has 0 atom stereocenters. The van der Waals surface area contributed by atoms with Crippen molar-refractivity contribution in [3.8, 4) is 0 Å². The van der Waals surface area contributed by atoms with Crippen LogP contribution in [0.2, 0.25) is 0 Å². The van der Waals surface area contributed by atoms with Crippen molar-refractivity contribution in [1.29, 1.82) is 0 Å². The molecule has 0 aromatic carbocycles. The first kappa shape index (κ1) is 16.6. The van der Waals surface area contributed by atoms with E-state index in [4.69, 9.17) is 22.5 Å². The van der Waals surface area contributed by atoms with Gasteiger partial charge in [-0.15, -0.1) is 0 Å². The molecule has 0 saturated carbocycles. The zero-order chi connectivity index (χ0) is 15.2. The topological polar surface area (TPSA) is 94.0 Å². The van der Waals surface area contributed by atoms with Crippen LogP contribution in [0.3, 0.4) is 0 Å². The van der Waals surface area contributed by atoms with Gasteiger partial charge in [-0.1, -0.05) is 44.1 Å². The number of aromatic nitrogens is 2. The van der Waals surface area contributed by atoms with Crippen molar-refractivity contribution in [2.24, 2.45) is 11.1 Å². The zero-order valence-corrected chi connectivity index (χ0v) is 13.0. The predicted molar refractivity (Wildman–Crippen MR) is 79.9 cm³/mol. The highest BCUT2D eigenvalue weighted by atomic mass is 32.1. The van der Waals surface area contributed by atoms with Crippen molar-refractivity contribution in [3.05, 3.63) is 11.7 Å². The van der Waals surface area contributed by atoms with E-state index in [1.807, 2.05) is 13.8 Å². The number of amides is 1. The van der Waals surface area contributed by atoms with Gasteiger partial charge < -0.3 is 15.6 Å². The van der Waals surface area contributed by atoms with Crippen LogP contribution in [-0.2, 0) is 11.3 Å². The summed E-state index contributed by atoms with van der Waals surface area (Å²) >= 11 is 5.14. The molecule has 0 aliphatic rings. The number of carbonyl (C=O) groups excluding carboxylic acids is 1. The van der Waals surface area contributed by atoms with E-state index < -0.39 is 5.41 Å². The summed E-state index contributed by atoms with van der Waals surface area (Å²) in [6.07, 6.45) is 2.97. The number of nitrogens with two attached hydrogens (primary N) is 1. The first-order valence-electron chi connectivity index (χ1n) is 6.83. The number of nitrogens with one attached hydrogen (secondary N) is 1. The Kier molecular flexibility index (Phi) is 6.06. The predicted octanol–water partition coefficient (Wildman–Crippen LogP) is 1.87. The Hall–Kier alpha value is -1.50. The Morgan fingerprint density at radius 1 is 1.40 bits per heavy atom. The Balaban J connectivity index is 2.79. The van der Waals surface area contributed by atoms with Crippen LogP contribution < -0.4 is 11.1 Å². The molecule has 1 heterocycles. The monoisotopic (exact) mass is 298 g/mol. The van der Waals surface area contributed by atoms with Crippen LogP contribution >= 0.6 is 12.2 Å². The van der Waals surface area contributed by atoms with Crippen LogP contribution in [0.15, 0.2) is 4.52 Å². The van der Waals surface area contributed by atoms with E-state index in [1.165, 1.54) is 0 Å². The molecule has 0 aliphatic heterocycles. The number of aryl methyl sites for hydroxylation is 1. The molecule has 1 aromatic rings. The molecule has 112 valence electrons. The molecule has 0 spiro atoms. The fourth-order valence-electron chi connectivity index (χ4n) is 2.31. The molecular weight excluding hydrogens is 276 g/mol. The molecule has 20 heavy (non-hydrogen) atoms. The van der Waals surface area contributed by atoms with Gasteiger partial charge in [0.05, 0.1) is 16.9 Å². The molecule has 1 amide bonds. The third-order valence-electron chi connectivity index (χ3n) is 3.24. The maximum atomic E-state index is 12.5. The first-order valence-corrected chi connectivity index (χ1v) is 7.24. The van der Waals surface area contributed by atoms with Crippen LogP contribution in [0.5, 0.6) is 0 Å². The van der Waals surface area contributed by atoms with E-state index in [2.05, 4.69) is 15.5 Å². The van der Waals surface area contributed by atoms with E-state index in [1.54, 1.807) is 6.92 Å². The fraction of sp³-hybridized carbons (Fsp3) is 0.692. The summed E-state index contributed by atoms with van der Waals surface area (Å²) in [5, 5.41) is 6.55. The minimum absolute atomic E-state index is 0.156. The summed E-state index contributed by atoms with van der Waals surface area (Å²) in [6.45, 7) is 5.94. The smallest absolute Gasteiger partial charge is 0.233 e. The molecule has 7 heteroatoms. The third kappa shape index (κ3) is 3.75.